The first-order chi connectivity index (χ1) is 14.2. The van der Waals surface area contributed by atoms with Crippen LogP contribution in [0.25, 0.3) is 0 Å². The van der Waals surface area contributed by atoms with Gasteiger partial charge < -0.3 is 0 Å². The van der Waals surface area contributed by atoms with Crippen LogP contribution in [0.4, 0.5) is 0 Å². The van der Waals surface area contributed by atoms with E-state index >= 15 is 0 Å². The second-order valence-electron chi connectivity index (χ2n) is 10.3. The summed E-state index contributed by atoms with van der Waals surface area (Å²) in [4.78, 5) is 0. The fraction of sp³-hybridized carbons (Fsp3) is 1.00. The van der Waals surface area contributed by atoms with Crippen LogP contribution in [0.1, 0.15) is 175 Å². The molecule has 176 valence electrons. The lowest BCUT2D eigenvalue weighted by atomic mass is 9.93. The van der Waals surface area contributed by atoms with Crippen LogP contribution in [-0.2, 0) is 0 Å². The van der Waals surface area contributed by atoms with E-state index in [1.165, 1.54) is 148 Å². The van der Waals surface area contributed by atoms with Crippen LogP contribution in [0.15, 0.2) is 0 Å². The van der Waals surface area contributed by atoms with Crippen LogP contribution in [0.3, 0.4) is 0 Å². The third kappa shape index (κ3) is 24.1. The molecule has 2 atom stereocenters. The van der Waals surface area contributed by atoms with Crippen LogP contribution in [0, 0.1) is 11.8 Å². The normalized spacial score (nSPS) is 13.7. The molecule has 0 heterocycles. The van der Waals surface area contributed by atoms with E-state index in [0.29, 0.717) is 0 Å². The second kappa shape index (κ2) is 24.3. The molecule has 0 saturated carbocycles. The fourth-order valence-corrected chi connectivity index (χ4v) is 4.56. The van der Waals surface area contributed by atoms with Gasteiger partial charge in [0.05, 0.1) is 0 Å². The van der Waals surface area contributed by atoms with Gasteiger partial charge in [-0.3, -0.25) is 0 Å². The Labute approximate surface area is 187 Å². The summed E-state index contributed by atoms with van der Waals surface area (Å²) >= 11 is 0. The molecule has 0 aromatic carbocycles. The zero-order chi connectivity index (χ0) is 21.4. The van der Waals surface area contributed by atoms with Gasteiger partial charge in [-0.2, -0.15) is 0 Å². The maximum atomic E-state index is 2.48. The average Bonchev–Trinajstić information content (AvgIpc) is 2.72. The van der Waals surface area contributed by atoms with Crippen molar-refractivity contribution in [3.8, 4) is 0 Å². The SMILES string of the molecule is CCCCCCCCCCCCCCCCCCCCC(C)CCCC(C)CC. The van der Waals surface area contributed by atoms with Gasteiger partial charge in [-0.1, -0.05) is 175 Å². The van der Waals surface area contributed by atoms with Crippen molar-refractivity contribution in [2.75, 3.05) is 0 Å². The quantitative estimate of drug-likeness (QED) is 0.139. The molecule has 2 unspecified atom stereocenters. The molecule has 0 fully saturated rings. The molecule has 29 heavy (non-hydrogen) atoms. The highest BCUT2D eigenvalue weighted by molar-refractivity contribution is 4.58. The fourth-order valence-electron chi connectivity index (χ4n) is 4.56. The zero-order valence-electron chi connectivity index (χ0n) is 21.4. The van der Waals surface area contributed by atoms with Crippen molar-refractivity contribution in [2.45, 2.75) is 175 Å². The van der Waals surface area contributed by atoms with E-state index in [0.717, 1.165) is 11.8 Å². The van der Waals surface area contributed by atoms with Crippen molar-refractivity contribution in [3.63, 3.8) is 0 Å². The van der Waals surface area contributed by atoms with Crippen molar-refractivity contribution in [3.05, 3.63) is 0 Å². The highest BCUT2D eigenvalue weighted by Crippen LogP contribution is 2.20. The first-order valence-electron chi connectivity index (χ1n) is 14.2. The van der Waals surface area contributed by atoms with E-state index in [1.54, 1.807) is 0 Å². The highest BCUT2D eigenvalue weighted by Gasteiger charge is 2.04. The van der Waals surface area contributed by atoms with E-state index in [2.05, 4.69) is 27.7 Å². The molecule has 0 aliphatic heterocycles. The molecule has 0 rings (SSSR count). The second-order valence-corrected chi connectivity index (χ2v) is 10.3. The zero-order valence-corrected chi connectivity index (χ0v) is 21.4. The smallest absolute Gasteiger partial charge is 0.0443 e. The summed E-state index contributed by atoms with van der Waals surface area (Å²) in [6.07, 6.45) is 33.8. The molecule has 0 nitrogen and oxygen atoms in total. The summed E-state index contributed by atoms with van der Waals surface area (Å²) in [5.74, 6) is 1.90. The topological polar surface area (TPSA) is 0 Å². The largest absolute Gasteiger partial charge is 0.0654 e. The van der Waals surface area contributed by atoms with Gasteiger partial charge in [0.15, 0.2) is 0 Å². The number of unbranched alkanes of at least 4 members (excludes halogenated alkanes) is 17. The average molecular weight is 409 g/mol. The molecule has 0 N–H and O–H groups in total. The van der Waals surface area contributed by atoms with E-state index in [-0.39, 0.29) is 0 Å². The molecule has 0 saturated heterocycles. The number of hydrogen-bond donors (Lipinski definition) is 0. The van der Waals surface area contributed by atoms with Crippen LogP contribution >= 0.6 is 0 Å². The third-order valence-electron chi connectivity index (χ3n) is 7.14. The van der Waals surface area contributed by atoms with Gasteiger partial charge in [-0.15, -0.1) is 0 Å². The molecule has 0 heteroatoms. The van der Waals surface area contributed by atoms with Crippen molar-refractivity contribution >= 4 is 0 Å². The van der Waals surface area contributed by atoms with E-state index < -0.39 is 0 Å². The Hall–Kier alpha value is 0. The lowest BCUT2D eigenvalue weighted by Gasteiger charge is -2.13. The maximum absolute atomic E-state index is 2.48. The summed E-state index contributed by atoms with van der Waals surface area (Å²) in [5, 5.41) is 0. The van der Waals surface area contributed by atoms with Crippen LogP contribution in [0.5, 0.6) is 0 Å². The van der Waals surface area contributed by atoms with E-state index in [9.17, 15) is 0 Å². The van der Waals surface area contributed by atoms with Crippen molar-refractivity contribution < 1.29 is 0 Å². The molecule has 0 aromatic heterocycles. The van der Waals surface area contributed by atoms with Gasteiger partial charge in [-0.25, -0.2) is 0 Å². The summed E-state index contributed by atoms with van der Waals surface area (Å²) in [7, 11) is 0. The maximum Gasteiger partial charge on any atom is -0.0443 e. The van der Waals surface area contributed by atoms with Gasteiger partial charge in [0.25, 0.3) is 0 Å². The van der Waals surface area contributed by atoms with E-state index in [4.69, 9.17) is 0 Å². The Kier molecular flexibility index (Phi) is 24.3. The monoisotopic (exact) mass is 408 g/mol. The van der Waals surface area contributed by atoms with Crippen LogP contribution in [-0.4, -0.2) is 0 Å². The number of rotatable bonds is 24. The Morgan fingerprint density at radius 1 is 0.345 bits per heavy atom. The summed E-state index contributed by atoms with van der Waals surface area (Å²) < 4.78 is 0. The molecule has 0 amide bonds. The molecule has 0 aromatic rings. The molecule has 0 aliphatic carbocycles. The molecular weight excluding hydrogens is 348 g/mol. The standard InChI is InChI=1S/C29H60/c1-5-7-8-9-10-11-12-13-14-15-16-17-18-19-20-21-22-23-25-29(4)27-24-26-28(3)6-2/h28-29H,5-27H2,1-4H3. The predicted octanol–water partition coefficient (Wildman–Crippen LogP) is 11.3. The first kappa shape index (κ1) is 29.0. The molecular formula is C29H60. The lowest BCUT2D eigenvalue weighted by molar-refractivity contribution is 0.405. The lowest BCUT2D eigenvalue weighted by Crippen LogP contribution is -1.98. The van der Waals surface area contributed by atoms with Gasteiger partial charge in [0, 0.05) is 0 Å². The Bertz CT molecular complexity index is 282. The highest BCUT2D eigenvalue weighted by atomic mass is 14.1. The molecule has 0 aliphatic rings. The van der Waals surface area contributed by atoms with Gasteiger partial charge >= 0.3 is 0 Å². The summed E-state index contributed by atoms with van der Waals surface area (Å²) in [6, 6.07) is 0. The minimum absolute atomic E-state index is 0.937. The predicted molar refractivity (Wildman–Crippen MR) is 136 cm³/mol. The molecule has 0 bridgehead atoms. The Morgan fingerprint density at radius 3 is 1.03 bits per heavy atom. The Balaban J connectivity index is 3.11. The summed E-state index contributed by atoms with van der Waals surface area (Å²) in [6.45, 7) is 9.51. The van der Waals surface area contributed by atoms with Gasteiger partial charge in [0.1, 0.15) is 0 Å². The van der Waals surface area contributed by atoms with Crippen molar-refractivity contribution in [2.24, 2.45) is 11.8 Å². The van der Waals surface area contributed by atoms with Gasteiger partial charge in [-0.05, 0) is 11.8 Å². The minimum atomic E-state index is 0.937. The van der Waals surface area contributed by atoms with Gasteiger partial charge in [0.2, 0.25) is 0 Å². The summed E-state index contributed by atoms with van der Waals surface area (Å²) in [5.41, 5.74) is 0. The van der Waals surface area contributed by atoms with Crippen molar-refractivity contribution in [1.82, 2.24) is 0 Å². The molecule has 0 spiro atoms. The van der Waals surface area contributed by atoms with E-state index in [1.807, 2.05) is 0 Å². The first-order valence-corrected chi connectivity index (χ1v) is 14.2. The minimum Gasteiger partial charge on any atom is -0.0654 e. The molecule has 0 radical (unpaired) electrons. The van der Waals surface area contributed by atoms with Crippen LogP contribution in [0.2, 0.25) is 0 Å². The van der Waals surface area contributed by atoms with Crippen LogP contribution < -0.4 is 0 Å². The van der Waals surface area contributed by atoms with Crippen molar-refractivity contribution in [1.29, 1.82) is 0 Å². The third-order valence-corrected chi connectivity index (χ3v) is 7.14. The number of hydrogen-bond acceptors (Lipinski definition) is 0. The Morgan fingerprint density at radius 2 is 0.655 bits per heavy atom.